The average molecular weight is 1980 g/mol. The monoisotopic (exact) mass is 1980 g/mol. The SMILES string of the molecule is CSCC[C@H](NC(=O)[C@H](CCCNC(=N)N)NC(=O)[C@H](CCC(=O)O)NC(=O)CCCNC(=O)c1ccc(N=Nc2ccc(N(C)C)cc2)cc1)C(=O)N[C@@H](Cc1ccccc1)C(=O)N[C@@H](CC(C)C)C(=O)N[C@@H](CO)C(=O)N[C@@H](Cc1ccccc1)C(=O)N1CCC[C@H]1C(=O)NCCCC(=O)N[C@@H](CSCC(=O)NCCNc1cccc2c(S(=O)(=O)O)cccc12)C(=O)N[C@@H](CCCCN)C(N)=O. The van der Waals surface area contributed by atoms with Gasteiger partial charge in [0, 0.05) is 119 Å². The molecule has 7 rings (SSSR count). The minimum absolute atomic E-state index is 0.0246. The second-order valence-corrected chi connectivity index (χ2v) is 37.2. The van der Waals surface area contributed by atoms with E-state index in [-0.39, 0.29) is 150 Å². The summed E-state index contributed by atoms with van der Waals surface area (Å²) in [6, 6.07) is 26.1. The second kappa shape index (κ2) is 59.0. The highest BCUT2D eigenvalue weighted by Gasteiger charge is 2.41. The van der Waals surface area contributed by atoms with E-state index in [4.69, 9.17) is 22.6 Å². The second-order valence-electron chi connectivity index (χ2n) is 33.8. The van der Waals surface area contributed by atoms with Gasteiger partial charge >= 0.3 is 5.97 Å². The summed E-state index contributed by atoms with van der Waals surface area (Å²) >= 11 is 2.32. The molecule has 1 aliphatic heterocycles. The molecule has 6 aromatic carbocycles. The molecule has 1 heterocycles. The Balaban J connectivity index is 0.966. The van der Waals surface area contributed by atoms with E-state index in [2.05, 4.69) is 84.7 Å². The maximum atomic E-state index is 14.9. The lowest BCUT2D eigenvalue weighted by Gasteiger charge is -2.30. The minimum Gasteiger partial charge on any atom is -0.481 e. The third-order valence-electron chi connectivity index (χ3n) is 22.2. The Morgan fingerprint density at radius 3 is 1.61 bits per heavy atom. The summed E-state index contributed by atoms with van der Waals surface area (Å²) in [7, 11) is -0.677. The van der Waals surface area contributed by atoms with Gasteiger partial charge in [0.05, 0.1) is 23.7 Å². The number of carboxylic acids is 1. The number of carbonyl (C=O) groups is 15. The van der Waals surface area contributed by atoms with Gasteiger partial charge in [-0.25, -0.2) is 0 Å². The molecule has 0 aliphatic carbocycles. The molecular formula is C94H130N22O20S3. The number of guanidine groups is 1. The number of primary amides is 1. The van der Waals surface area contributed by atoms with Crippen LogP contribution in [0.1, 0.15) is 132 Å². The van der Waals surface area contributed by atoms with Crippen LogP contribution in [0.3, 0.4) is 0 Å². The maximum Gasteiger partial charge on any atom is 0.303 e. The van der Waals surface area contributed by atoms with Crippen molar-refractivity contribution in [1.82, 2.24) is 74.0 Å². The van der Waals surface area contributed by atoms with Gasteiger partial charge in [-0.2, -0.15) is 30.4 Å². The normalized spacial score (nSPS) is 14.3. The number of nitrogens with one attached hydrogen (secondary N) is 15. The number of carboxylic acid groups (broad SMARTS) is 1. The number of amides is 14. The standard InChI is InChI=1S/C94H130N22O20S3/c1-58(2)52-72(109-89(129)73(53-59-20-8-6-9-21-59)110-87(127)71(43-51-137-5)108-85(125)69(28-16-47-103-94(97)98)107-86(126)70(41-42-82(121)122)104-79(118)31-17-45-101-84(124)61-33-35-62(36-34-61)113-114-63-37-39-64(40-38-63)115(3)4)88(128)112-75(55-117)90(130)111-74(54-60-22-10-7-11-23-60)93(133)116-50-19-29-77(116)92(132)102-46-18-32-80(119)105-76(91(131)106-68(83(96)123)26-12-13-44-95)56-138-57-81(120)100-49-48-99-67-27-14-25-66-65(67)24-15-30-78(66)139(134,135)136/h6-11,14-15,20-25,27,30,33-40,58,68-77,99,117H,12-13,16-19,26,28-29,31-32,41-57,95H2,1-5H3,(H2,96,123)(H,100,120)(H,101,124)(H,102,132)(H,104,118)(H,105,119)(H,106,131)(H,107,126)(H,108,125)(H,109,129)(H,110,127)(H,111,130)(H,112,128)(H,121,122)(H4,97,98,103)(H,134,135,136)/t68-,69-,70-,71-,72-,73-,74-,75-,76-,77-/m0/s1. The third kappa shape index (κ3) is 39.6. The van der Waals surface area contributed by atoms with Crippen LogP contribution >= 0.6 is 23.5 Å². The first-order chi connectivity index (χ1) is 66.4. The molecule has 0 saturated carbocycles. The number of benzene rings is 6. The number of carbonyl (C=O) groups excluding carboxylic acids is 14. The predicted octanol–water partition coefficient (Wildman–Crippen LogP) is 2.31. The van der Waals surface area contributed by atoms with Crippen LogP contribution in [0.4, 0.5) is 22.7 Å². The van der Waals surface area contributed by atoms with Crippen molar-refractivity contribution in [3.05, 3.63) is 162 Å². The molecule has 0 unspecified atom stereocenters. The number of rotatable bonds is 61. The summed E-state index contributed by atoms with van der Waals surface area (Å²) in [6.45, 7) is 3.15. The molecule has 1 fully saturated rings. The van der Waals surface area contributed by atoms with E-state index >= 15 is 0 Å². The Labute approximate surface area is 815 Å². The van der Waals surface area contributed by atoms with Gasteiger partial charge in [0.15, 0.2) is 5.96 Å². The number of aliphatic hydroxyl groups excluding tert-OH is 1. The van der Waals surface area contributed by atoms with E-state index in [1.807, 2.05) is 43.3 Å². The van der Waals surface area contributed by atoms with Gasteiger partial charge in [-0.3, -0.25) is 81.9 Å². The van der Waals surface area contributed by atoms with E-state index in [0.717, 1.165) is 17.4 Å². The molecule has 0 spiro atoms. The number of aliphatic carboxylic acids is 1. The molecule has 0 bridgehead atoms. The first kappa shape index (κ1) is 113. The summed E-state index contributed by atoms with van der Waals surface area (Å²) in [5.74, 6) is -12.8. The maximum absolute atomic E-state index is 14.9. The largest absolute Gasteiger partial charge is 0.481 e. The van der Waals surface area contributed by atoms with Gasteiger partial charge in [-0.1, -0.05) is 98.8 Å². The summed E-state index contributed by atoms with van der Waals surface area (Å²) in [4.78, 5) is 212. The lowest BCUT2D eigenvalue weighted by atomic mass is 10.00. The van der Waals surface area contributed by atoms with Gasteiger partial charge in [-0.05, 0) is 173 Å². The van der Waals surface area contributed by atoms with Crippen molar-refractivity contribution in [1.29, 1.82) is 5.41 Å². The number of hydrogen-bond donors (Lipinski definition) is 21. The van der Waals surface area contributed by atoms with E-state index in [9.17, 15) is 95.1 Å². The molecule has 0 aromatic heterocycles. The number of anilines is 2. The summed E-state index contributed by atoms with van der Waals surface area (Å²) in [5, 5.41) is 75.5. The quantitative estimate of drug-likeness (QED) is 0.00856. The molecular weight excluding hydrogens is 1850 g/mol. The van der Waals surface area contributed by atoms with Crippen LogP contribution in [-0.4, -0.2) is 273 Å². The summed E-state index contributed by atoms with van der Waals surface area (Å²) < 4.78 is 33.8. The Kier molecular flexibility index (Phi) is 47.8. The van der Waals surface area contributed by atoms with Crippen LogP contribution in [0.25, 0.3) is 10.8 Å². The van der Waals surface area contributed by atoms with Crippen LogP contribution in [0, 0.1) is 11.3 Å². The van der Waals surface area contributed by atoms with Gasteiger partial charge < -0.3 is 112 Å². The molecule has 1 aliphatic rings. The highest BCUT2D eigenvalue weighted by molar-refractivity contribution is 8.00. The molecule has 42 nitrogen and oxygen atoms in total. The van der Waals surface area contributed by atoms with Crippen molar-refractivity contribution in [3.8, 4) is 0 Å². The predicted molar refractivity (Wildman–Crippen MR) is 528 cm³/mol. The van der Waals surface area contributed by atoms with Gasteiger partial charge in [0.25, 0.3) is 16.0 Å². The van der Waals surface area contributed by atoms with E-state index in [0.29, 0.717) is 64.9 Å². The fraction of sp³-hybridized carbons (Fsp3) is 0.468. The Morgan fingerprint density at radius 1 is 0.518 bits per heavy atom. The molecule has 10 atom stereocenters. The number of hydrogen-bond acceptors (Lipinski definition) is 26. The number of unbranched alkanes of at least 4 members (excludes halogenated alkanes) is 1. The van der Waals surface area contributed by atoms with Crippen LogP contribution in [0.5, 0.6) is 0 Å². The zero-order chi connectivity index (χ0) is 102. The fourth-order valence-electron chi connectivity index (χ4n) is 14.9. The Morgan fingerprint density at radius 2 is 1.03 bits per heavy atom. The van der Waals surface area contributed by atoms with E-state index in [1.54, 1.807) is 129 Å². The number of aliphatic hydroxyl groups is 1. The number of likely N-dealkylation sites (tertiary alicyclic amines) is 1. The fourth-order valence-corrected chi connectivity index (χ4v) is 16.9. The van der Waals surface area contributed by atoms with Crippen molar-refractivity contribution in [2.24, 2.45) is 33.3 Å². The summed E-state index contributed by atoms with van der Waals surface area (Å²) in [6.07, 6.45) is 1.56. The number of thioether (sulfide) groups is 2. The first-order valence-corrected chi connectivity index (χ1v) is 49.9. The Bertz CT molecular complexity index is 5290. The summed E-state index contributed by atoms with van der Waals surface area (Å²) in [5.41, 5.74) is 20.9. The molecule has 0 radical (unpaired) electrons. The number of fused-ring (bicyclic) bond motifs is 1. The topological polar surface area (TPSA) is 652 Å². The van der Waals surface area contributed by atoms with Crippen LogP contribution in [0.15, 0.2) is 161 Å². The minimum atomic E-state index is -4.52. The Hall–Kier alpha value is -13.4. The average Bonchev–Trinajstić information content (AvgIpc) is 1.20. The molecule has 24 N–H and O–H groups in total. The smallest absolute Gasteiger partial charge is 0.303 e. The molecule has 6 aromatic rings. The van der Waals surface area contributed by atoms with Gasteiger partial charge in [0.2, 0.25) is 76.8 Å². The zero-order valence-corrected chi connectivity index (χ0v) is 81.0. The van der Waals surface area contributed by atoms with Crippen LogP contribution in [-0.2, 0) is 90.1 Å². The molecule has 139 heavy (non-hydrogen) atoms. The van der Waals surface area contributed by atoms with Crippen molar-refractivity contribution < 1.29 is 95.1 Å². The van der Waals surface area contributed by atoms with Crippen molar-refractivity contribution in [2.45, 2.75) is 188 Å². The molecule has 45 heteroatoms. The van der Waals surface area contributed by atoms with Crippen molar-refractivity contribution >= 4 is 162 Å². The number of nitrogens with zero attached hydrogens (tertiary/aromatic N) is 4. The van der Waals surface area contributed by atoms with Crippen LogP contribution in [0.2, 0.25) is 0 Å². The molecule has 14 amide bonds. The van der Waals surface area contributed by atoms with Crippen molar-refractivity contribution in [2.75, 3.05) is 100 Å². The highest BCUT2D eigenvalue weighted by atomic mass is 32.2. The van der Waals surface area contributed by atoms with E-state index in [1.165, 1.54) is 28.8 Å². The zero-order valence-electron chi connectivity index (χ0n) is 78.5. The lowest BCUT2D eigenvalue weighted by molar-refractivity contribution is -0.142. The highest BCUT2D eigenvalue weighted by Crippen LogP contribution is 2.30. The number of azo groups is 1. The lowest BCUT2D eigenvalue weighted by Crippen LogP contribution is -2.61. The molecule has 754 valence electrons. The van der Waals surface area contributed by atoms with Crippen LogP contribution < -0.4 is 96.5 Å². The number of nitrogens with two attached hydrogens (primary N) is 3. The first-order valence-electron chi connectivity index (χ1n) is 45.9. The van der Waals surface area contributed by atoms with Gasteiger partial charge in [-0.15, -0.1) is 11.8 Å². The van der Waals surface area contributed by atoms with E-state index < -0.39 is 185 Å². The van der Waals surface area contributed by atoms with Crippen molar-refractivity contribution in [3.63, 3.8) is 0 Å². The molecule has 1 saturated heterocycles. The van der Waals surface area contributed by atoms with Gasteiger partial charge in [0.1, 0.15) is 65.3 Å². The third-order valence-corrected chi connectivity index (χ3v) is 24.8.